The number of rotatable bonds is 2. The lowest BCUT2D eigenvalue weighted by atomic mass is 9.89. The molecule has 1 fully saturated rings. The van der Waals surface area contributed by atoms with Crippen molar-refractivity contribution in [3.8, 4) is 0 Å². The first kappa shape index (κ1) is 10.2. The second kappa shape index (κ2) is 3.66. The fraction of sp³-hybridized carbons (Fsp3) is 0.400. The van der Waals surface area contributed by atoms with Crippen molar-refractivity contribution in [1.29, 1.82) is 0 Å². The van der Waals surface area contributed by atoms with Crippen molar-refractivity contribution in [3.05, 3.63) is 23.8 Å². The zero-order chi connectivity index (χ0) is 11.0. The van der Waals surface area contributed by atoms with Crippen LogP contribution in [0.4, 0.5) is 20.2 Å². The molecule has 3 nitrogen and oxygen atoms in total. The molecule has 4 N–H and O–H groups in total. The van der Waals surface area contributed by atoms with Gasteiger partial charge in [-0.1, -0.05) is 0 Å². The first-order valence-electron chi connectivity index (χ1n) is 4.75. The van der Waals surface area contributed by atoms with E-state index in [0.29, 0.717) is 12.8 Å². The van der Waals surface area contributed by atoms with Crippen LogP contribution in [0.2, 0.25) is 0 Å². The van der Waals surface area contributed by atoms with Crippen LogP contribution >= 0.6 is 0 Å². The van der Waals surface area contributed by atoms with Gasteiger partial charge in [0.2, 0.25) is 0 Å². The number of nitrogen functional groups attached to an aromatic ring is 1. The largest absolute Gasteiger partial charge is 0.395 e. The minimum absolute atomic E-state index is 0.0449. The quantitative estimate of drug-likeness (QED) is 0.653. The second-order valence-electron chi connectivity index (χ2n) is 3.82. The summed E-state index contributed by atoms with van der Waals surface area (Å²) in [6, 6.07) is 1.95. The smallest absolute Gasteiger partial charge is 0.151 e. The van der Waals surface area contributed by atoms with E-state index in [9.17, 15) is 8.78 Å². The summed E-state index contributed by atoms with van der Waals surface area (Å²) in [4.78, 5) is 0. The molecule has 0 heterocycles. The van der Waals surface area contributed by atoms with Gasteiger partial charge in [0.1, 0.15) is 5.82 Å². The highest BCUT2D eigenvalue weighted by molar-refractivity contribution is 5.67. The summed E-state index contributed by atoms with van der Waals surface area (Å²) in [5.74, 6) is -1.43. The minimum atomic E-state index is -0.766. The van der Waals surface area contributed by atoms with Gasteiger partial charge in [0.25, 0.3) is 0 Å². The van der Waals surface area contributed by atoms with Gasteiger partial charge in [-0.2, -0.15) is 0 Å². The maximum absolute atomic E-state index is 13.0. The van der Waals surface area contributed by atoms with E-state index in [1.165, 1.54) is 0 Å². The van der Waals surface area contributed by atoms with E-state index in [-0.39, 0.29) is 23.5 Å². The zero-order valence-electron chi connectivity index (χ0n) is 8.00. The van der Waals surface area contributed by atoms with Crippen LogP contribution in [0, 0.1) is 11.6 Å². The van der Waals surface area contributed by atoms with Gasteiger partial charge in [-0.25, -0.2) is 8.78 Å². The highest BCUT2D eigenvalue weighted by Gasteiger charge is 2.27. The molecule has 82 valence electrons. The molecule has 0 spiro atoms. The number of anilines is 2. The molecular weight excluding hydrogens is 202 g/mol. The molecule has 0 amide bonds. The van der Waals surface area contributed by atoms with Crippen LogP contribution in [0.1, 0.15) is 12.8 Å². The summed E-state index contributed by atoms with van der Waals surface area (Å²) in [6.07, 6.45) is 0.844. The SMILES string of the molecule is Nc1c(F)cc(F)cc1NC1CC(O)C1. The number of aliphatic hydroxyl groups excluding tert-OH is 1. The Kier molecular flexibility index (Phi) is 2.48. The molecule has 0 aromatic heterocycles. The third-order valence-electron chi connectivity index (χ3n) is 2.57. The van der Waals surface area contributed by atoms with Gasteiger partial charge in [0.15, 0.2) is 5.82 Å². The van der Waals surface area contributed by atoms with Gasteiger partial charge >= 0.3 is 0 Å². The van der Waals surface area contributed by atoms with E-state index in [1.807, 2.05) is 0 Å². The van der Waals surface area contributed by atoms with E-state index in [0.717, 1.165) is 12.1 Å². The summed E-state index contributed by atoms with van der Waals surface area (Å²) in [7, 11) is 0. The van der Waals surface area contributed by atoms with Crippen molar-refractivity contribution in [2.75, 3.05) is 11.1 Å². The third-order valence-corrected chi connectivity index (χ3v) is 2.57. The molecule has 15 heavy (non-hydrogen) atoms. The van der Waals surface area contributed by atoms with Crippen LogP contribution in [0.3, 0.4) is 0 Å². The Morgan fingerprint density at radius 1 is 1.33 bits per heavy atom. The number of hydrogen-bond acceptors (Lipinski definition) is 3. The van der Waals surface area contributed by atoms with E-state index in [2.05, 4.69) is 5.32 Å². The van der Waals surface area contributed by atoms with Crippen molar-refractivity contribution in [3.63, 3.8) is 0 Å². The maximum atomic E-state index is 13.0. The molecule has 0 saturated heterocycles. The molecule has 0 aliphatic heterocycles. The van der Waals surface area contributed by atoms with Gasteiger partial charge in [-0.3, -0.25) is 0 Å². The summed E-state index contributed by atoms with van der Waals surface area (Å²) < 4.78 is 25.9. The first-order chi connectivity index (χ1) is 7.06. The molecule has 1 saturated carbocycles. The van der Waals surface area contributed by atoms with Crippen LogP contribution in [-0.2, 0) is 0 Å². The fourth-order valence-electron chi connectivity index (χ4n) is 1.63. The summed E-state index contributed by atoms with van der Waals surface area (Å²) in [6.45, 7) is 0. The Labute approximate surface area is 85.9 Å². The molecule has 1 aliphatic rings. The minimum Gasteiger partial charge on any atom is -0.395 e. The number of hydrogen-bond donors (Lipinski definition) is 3. The first-order valence-corrected chi connectivity index (χ1v) is 4.75. The Balaban J connectivity index is 2.13. The number of benzene rings is 1. The molecule has 1 aromatic carbocycles. The molecule has 1 aromatic rings. The zero-order valence-corrected chi connectivity index (χ0v) is 8.00. The lowest BCUT2D eigenvalue weighted by molar-refractivity contribution is 0.0837. The predicted octanol–water partition coefficient (Wildman–Crippen LogP) is 1.48. The predicted molar refractivity (Wildman–Crippen MR) is 53.4 cm³/mol. The number of halogens is 2. The van der Waals surface area contributed by atoms with Crippen LogP contribution in [-0.4, -0.2) is 17.3 Å². The molecule has 0 atom stereocenters. The standard InChI is InChI=1S/C10H12F2N2O/c11-5-1-8(12)10(13)9(2-5)14-6-3-7(15)4-6/h1-2,6-7,14-15H,3-4,13H2. The lowest BCUT2D eigenvalue weighted by Crippen LogP contribution is -2.39. The van der Waals surface area contributed by atoms with E-state index >= 15 is 0 Å². The Morgan fingerprint density at radius 2 is 2.00 bits per heavy atom. The van der Waals surface area contributed by atoms with Gasteiger partial charge in [-0.15, -0.1) is 0 Å². The molecule has 0 unspecified atom stereocenters. The third kappa shape index (κ3) is 2.02. The molecular formula is C10H12F2N2O. The van der Waals surface area contributed by atoms with Crippen molar-refractivity contribution in [2.45, 2.75) is 25.0 Å². The molecule has 5 heteroatoms. The average Bonchev–Trinajstić information content (AvgIpc) is 2.10. The molecule has 2 rings (SSSR count). The van der Waals surface area contributed by atoms with Gasteiger partial charge in [0, 0.05) is 12.1 Å². The Morgan fingerprint density at radius 3 is 2.60 bits per heavy atom. The summed E-state index contributed by atoms with van der Waals surface area (Å²) >= 11 is 0. The molecule has 1 aliphatic carbocycles. The highest BCUT2D eigenvalue weighted by atomic mass is 19.1. The van der Waals surface area contributed by atoms with Crippen molar-refractivity contribution in [2.24, 2.45) is 0 Å². The van der Waals surface area contributed by atoms with Crippen LogP contribution < -0.4 is 11.1 Å². The monoisotopic (exact) mass is 214 g/mol. The normalized spacial score (nSPS) is 24.7. The fourth-order valence-corrected chi connectivity index (χ4v) is 1.63. The van der Waals surface area contributed by atoms with Crippen LogP contribution in [0.25, 0.3) is 0 Å². The Bertz CT molecular complexity index is 378. The van der Waals surface area contributed by atoms with Gasteiger partial charge < -0.3 is 16.2 Å². The van der Waals surface area contributed by atoms with Crippen molar-refractivity contribution in [1.82, 2.24) is 0 Å². The molecule has 0 radical (unpaired) electrons. The summed E-state index contributed by atoms with van der Waals surface area (Å²) in [5.41, 5.74) is 5.62. The van der Waals surface area contributed by atoms with Crippen LogP contribution in [0.15, 0.2) is 12.1 Å². The lowest BCUT2D eigenvalue weighted by Gasteiger charge is -2.33. The van der Waals surface area contributed by atoms with E-state index < -0.39 is 11.6 Å². The summed E-state index contributed by atoms with van der Waals surface area (Å²) in [5, 5.41) is 11.9. The topological polar surface area (TPSA) is 58.3 Å². The van der Waals surface area contributed by atoms with Gasteiger partial charge in [-0.05, 0) is 18.9 Å². The highest BCUT2D eigenvalue weighted by Crippen LogP contribution is 2.29. The molecule has 0 bridgehead atoms. The maximum Gasteiger partial charge on any atom is 0.151 e. The average molecular weight is 214 g/mol. The Hall–Kier alpha value is -1.36. The van der Waals surface area contributed by atoms with Crippen molar-refractivity contribution < 1.29 is 13.9 Å². The number of nitrogens with two attached hydrogens (primary N) is 1. The number of nitrogens with one attached hydrogen (secondary N) is 1. The number of aliphatic hydroxyl groups is 1. The van der Waals surface area contributed by atoms with E-state index in [1.54, 1.807) is 0 Å². The van der Waals surface area contributed by atoms with Gasteiger partial charge in [0.05, 0.1) is 17.5 Å². The van der Waals surface area contributed by atoms with E-state index in [4.69, 9.17) is 10.8 Å². The second-order valence-corrected chi connectivity index (χ2v) is 3.82. The van der Waals surface area contributed by atoms with Crippen molar-refractivity contribution >= 4 is 11.4 Å². The van der Waals surface area contributed by atoms with Crippen LogP contribution in [0.5, 0.6) is 0 Å².